The second-order valence-corrected chi connectivity index (χ2v) is 4.99. The number of fused-ring (bicyclic) bond motifs is 2. The summed E-state index contributed by atoms with van der Waals surface area (Å²) in [6.45, 7) is 2.03. The highest BCUT2D eigenvalue weighted by Gasteiger charge is 2.31. The van der Waals surface area contributed by atoms with Gasteiger partial charge in [-0.15, -0.1) is 0 Å². The van der Waals surface area contributed by atoms with Crippen molar-refractivity contribution in [1.82, 2.24) is 0 Å². The Kier molecular flexibility index (Phi) is 2.90. The van der Waals surface area contributed by atoms with E-state index in [4.69, 9.17) is 0 Å². The van der Waals surface area contributed by atoms with Crippen molar-refractivity contribution >= 4 is 11.6 Å². The Morgan fingerprint density at radius 2 is 1.60 bits per heavy atom. The lowest BCUT2D eigenvalue weighted by atomic mass is 9.82. The summed E-state index contributed by atoms with van der Waals surface area (Å²) in [6.07, 6.45) is 1.68. The van der Waals surface area contributed by atoms with Crippen LogP contribution >= 0.6 is 0 Å². The van der Waals surface area contributed by atoms with E-state index in [1.807, 2.05) is 6.92 Å². The van der Waals surface area contributed by atoms with Gasteiger partial charge in [0.25, 0.3) is 0 Å². The van der Waals surface area contributed by atoms with Crippen LogP contribution < -0.4 is 0 Å². The molecule has 3 heteroatoms. The van der Waals surface area contributed by atoms with Crippen LogP contribution in [0.3, 0.4) is 0 Å². The normalized spacial score (nSPS) is 13.1. The zero-order valence-electron chi connectivity index (χ0n) is 11.1. The Balaban J connectivity index is 2.25. The first-order chi connectivity index (χ1) is 9.63. The summed E-state index contributed by atoms with van der Waals surface area (Å²) in [7, 11) is 0. The van der Waals surface area contributed by atoms with Crippen molar-refractivity contribution in [1.29, 1.82) is 0 Å². The van der Waals surface area contributed by atoms with E-state index >= 15 is 0 Å². The maximum absolute atomic E-state index is 12.5. The van der Waals surface area contributed by atoms with Gasteiger partial charge in [0.2, 0.25) is 0 Å². The molecule has 0 atom stereocenters. The van der Waals surface area contributed by atoms with Crippen LogP contribution in [0.1, 0.15) is 50.8 Å². The van der Waals surface area contributed by atoms with Crippen LogP contribution in [-0.2, 0) is 6.42 Å². The molecule has 1 aliphatic rings. The van der Waals surface area contributed by atoms with E-state index < -0.39 is 0 Å². The highest BCUT2D eigenvalue weighted by atomic mass is 16.3. The third kappa shape index (κ3) is 1.74. The van der Waals surface area contributed by atoms with Gasteiger partial charge in [-0.05, 0) is 24.1 Å². The van der Waals surface area contributed by atoms with Crippen molar-refractivity contribution in [3.8, 4) is 5.75 Å². The van der Waals surface area contributed by atoms with E-state index in [2.05, 4.69) is 0 Å². The molecule has 1 N–H and O–H groups in total. The molecule has 1 aliphatic carbocycles. The average molecular weight is 266 g/mol. The van der Waals surface area contributed by atoms with Crippen molar-refractivity contribution in [2.24, 2.45) is 0 Å². The highest BCUT2D eigenvalue weighted by molar-refractivity contribution is 6.29. The maximum Gasteiger partial charge on any atom is 0.198 e. The minimum absolute atomic E-state index is 0.0983. The van der Waals surface area contributed by atoms with Gasteiger partial charge in [-0.2, -0.15) is 0 Å². The van der Waals surface area contributed by atoms with Gasteiger partial charge >= 0.3 is 0 Å². The summed E-state index contributed by atoms with van der Waals surface area (Å²) in [5, 5.41) is 10.1. The molecule has 20 heavy (non-hydrogen) atoms. The zero-order valence-corrected chi connectivity index (χ0v) is 11.1. The molecule has 0 heterocycles. The molecular formula is C17H14O3. The first-order valence-electron chi connectivity index (χ1n) is 6.67. The molecule has 0 spiro atoms. The minimum Gasteiger partial charge on any atom is -0.507 e. The number of rotatable bonds is 2. The van der Waals surface area contributed by atoms with Gasteiger partial charge in [0.15, 0.2) is 11.6 Å². The lowest BCUT2D eigenvalue weighted by Crippen LogP contribution is -2.21. The van der Waals surface area contributed by atoms with Crippen molar-refractivity contribution in [3.05, 3.63) is 64.2 Å². The Morgan fingerprint density at radius 1 is 0.950 bits per heavy atom. The summed E-state index contributed by atoms with van der Waals surface area (Å²) >= 11 is 0. The monoisotopic (exact) mass is 266 g/mol. The van der Waals surface area contributed by atoms with Crippen molar-refractivity contribution < 1.29 is 14.7 Å². The van der Waals surface area contributed by atoms with Gasteiger partial charge in [-0.1, -0.05) is 37.6 Å². The number of hydrogen-bond acceptors (Lipinski definition) is 3. The molecule has 3 nitrogen and oxygen atoms in total. The molecule has 0 bridgehead atoms. The van der Waals surface area contributed by atoms with Crippen LogP contribution in [0.5, 0.6) is 5.75 Å². The second kappa shape index (κ2) is 4.60. The number of phenolic OH excluding ortho intramolecular Hbond substituents is 1. The van der Waals surface area contributed by atoms with E-state index in [1.165, 1.54) is 0 Å². The molecule has 0 radical (unpaired) electrons. The second-order valence-electron chi connectivity index (χ2n) is 4.99. The van der Waals surface area contributed by atoms with Crippen LogP contribution in [-0.4, -0.2) is 16.7 Å². The molecule has 2 aromatic rings. The Labute approximate surface area is 116 Å². The quantitative estimate of drug-likeness (QED) is 0.775. The number of carbonyl (C=O) groups excluding carboxylic acids is 2. The molecule has 0 aromatic heterocycles. The van der Waals surface area contributed by atoms with Crippen molar-refractivity contribution in [3.63, 3.8) is 0 Å². The molecular weight excluding hydrogens is 252 g/mol. The van der Waals surface area contributed by atoms with Gasteiger partial charge < -0.3 is 5.11 Å². The molecule has 0 saturated heterocycles. The number of benzene rings is 2. The Hall–Kier alpha value is -2.42. The van der Waals surface area contributed by atoms with E-state index in [9.17, 15) is 14.7 Å². The van der Waals surface area contributed by atoms with Gasteiger partial charge in [0.1, 0.15) is 5.75 Å². The van der Waals surface area contributed by atoms with Crippen LogP contribution in [0.15, 0.2) is 36.4 Å². The van der Waals surface area contributed by atoms with Gasteiger partial charge in [-0.3, -0.25) is 9.59 Å². The van der Waals surface area contributed by atoms with Gasteiger partial charge in [0, 0.05) is 16.7 Å². The smallest absolute Gasteiger partial charge is 0.198 e. The van der Waals surface area contributed by atoms with Gasteiger partial charge in [0.05, 0.1) is 5.56 Å². The van der Waals surface area contributed by atoms with Crippen molar-refractivity contribution in [2.45, 2.75) is 19.8 Å². The van der Waals surface area contributed by atoms with Crippen LogP contribution in [0.4, 0.5) is 0 Å². The molecule has 0 fully saturated rings. The summed E-state index contributed by atoms with van der Waals surface area (Å²) in [4.78, 5) is 24.9. The SMILES string of the molecule is CCCc1cc(O)c2c(c1)C(=O)c1ccccc1C2=O. The number of phenols is 1. The first kappa shape index (κ1) is 12.6. The Morgan fingerprint density at radius 3 is 2.25 bits per heavy atom. The third-order valence-electron chi connectivity index (χ3n) is 3.60. The number of carbonyl (C=O) groups is 2. The molecule has 100 valence electrons. The summed E-state index contributed by atoms with van der Waals surface area (Å²) in [6, 6.07) is 10.1. The molecule has 0 aliphatic heterocycles. The molecule has 3 rings (SSSR count). The fraction of sp³-hybridized carbons (Fsp3) is 0.176. The third-order valence-corrected chi connectivity index (χ3v) is 3.60. The van der Waals surface area contributed by atoms with E-state index in [1.54, 1.807) is 36.4 Å². The lowest BCUT2D eigenvalue weighted by Gasteiger charge is -2.19. The number of aromatic hydroxyl groups is 1. The van der Waals surface area contributed by atoms with E-state index in [-0.39, 0.29) is 22.9 Å². The standard InChI is InChI=1S/C17H14O3/c1-2-5-10-8-13-15(14(18)9-10)17(20)12-7-4-3-6-11(12)16(13)19/h3-4,6-9,18H,2,5H2,1H3. The fourth-order valence-electron chi connectivity index (χ4n) is 2.69. The number of hydrogen-bond donors (Lipinski definition) is 1. The van der Waals surface area contributed by atoms with Crippen molar-refractivity contribution in [2.75, 3.05) is 0 Å². The van der Waals surface area contributed by atoms with Crippen LogP contribution in [0.2, 0.25) is 0 Å². The van der Waals surface area contributed by atoms with Crippen LogP contribution in [0, 0.1) is 0 Å². The zero-order chi connectivity index (χ0) is 14.3. The maximum atomic E-state index is 12.5. The fourth-order valence-corrected chi connectivity index (χ4v) is 2.69. The molecule has 0 saturated carbocycles. The minimum atomic E-state index is -0.282. The topological polar surface area (TPSA) is 54.4 Å². The predicted octanol–water partition coefficient (Wildman–Crippen LogP) is 3.12. The van der Waals surface area contributed by atoms with E-state index in [0.29, 0.717) is 16.7 Å². The number of aryl methyl sites for hydroxylation is 1. The van der Waals surface area contributed by atoms with Crippen LogP contribution in [0.25, 0.3) is 0 Å². The molecule has 0 amide bonds. The molecule has 2 aromatic carbocycles. The Bertz CT molecular complexity index is 729. The highest BCUT2D eigenvalue weighted by Crippen LogP contribution is 2.33. The summed E-state index contributed by atoms with van der Waals surface area (Å²) in [5.41, 5.74) is 2.11. The average Bonchev–Trinajstić information content (AvgIpc) is 2.44. The molecule has 0 unspecified atom stereocenters. The predicted molar refractivity (Wildman–Crippen MR) is 75.4 cm³/mol. The summed E-state index contributed by atoms with van der Waals surface area (Å²) in [5.74, 6) is -0.571. The van der Waals surface area contributed by atoms with Gasteiger partial charge in [-0.25, -0.2) is 0 Å². The number of ketones is 2. The lowest BCUT2D eigenvalue weighted by molar-refractivity contribution is 0.0976. The first-order valence-corrected chi connectivity index (χ1v) is 6.67. The van der Waals surface area contributed by atoms with E-state index in [0.717, 1.165) is 18.4 Å². The largest absolute Gasteiger partial charge is 0.507 e. The summed E-state index contributed by atoms with van der Waals surface area (Å²) < 4.78 is 0.